The van der Waals surface area contributed by atoms with Gasteiger partial charge < -0.3 is 19.5 Å². The number of esters is 1. The van der Waals surface area contributed by atoms with Crippen LogP contribution in [0.1, 0.15) is 10.5 Å². The Morgan fingerprint density at radius 2 is 1.93 bits per heavy atom. The van der Waals surface area contributed by atoms with Crippen molar-refractivity contribution in [3.8, 4) is 11.5 Å². The van der Waals surface area contributed by atoms with E-state index >= 15 is 0 Å². The van der Waals surface area contributed by atoms with Crippen molar-refractivity contribution in [2.45, 2.75) is 0 Å². The van der Waals surface area contributed by atoms with Crippen LogP contribution in [0.5, 0.6) is 11.5 Å². The number of hydrogen-bond acceptors (Lipinski definition) is 6. The summed E-state index contributed by atoms with van der Waals surface area (Å²) in [5.41, 5.74) is 0.829. The number of amides is 1. The zero-order chi connectivity index (χ0) is 20.1. The van der Waals surface area contributed by atoms with E-state index < -0.39 is 17.7 Å². The Balaban J connectivity index is 1.85. The number of aromatic nitrogens is 1. The van der Waals surface area contributed by atoms with Gasteiger partial charge in [0.2, 0.25) is 0 Å². The minimum absolute atomic E-state index is 0.0423. The van der Waals surface area contributed by atoms with E-state index in [0.29, 0.717) is 22.3 Å². The third kappa shape index (κ3) is 4.35. The van der Waals surface area contributed by atoms with E-state index in [0.717, 1.165) is 0 Å². The van der Waals surface area contributed by atoms with Gasteiger partial charge in [-0.3, -0.25) is 4.79 Å². The number of nitrogens with zero attached hydrogens (tertiary/aromatic N) is 1. The number of methoxy groups -OCH3 is 2. The molecular formula is C20H17FN2O5. The van der Waals surface area contributed by atoms with Crippen LogP contribution in [0, 0.1) is 5.82 Å². The Morgan fingerprint density at radius 3 is 2.64 bits per heavy atom. The second kappa shape index (κ2) is 8.34. The number of halogens is 1. The zero-order valence-corrected chi connectivity index (χ0v) is 15.2. The molecule has 144 valence electrons. The van der Waals surface area contributed by atoms with Crippen molar-refractivity contribution in [2.24, 2.45) is 0 Å². The van der Waals surface area contributed by atoms with Crippen molar-refractivity contribution < 1.29 is 28.2 Å². The quantitative estimate of drug-likeness (QED) is 0.657. The number of ether oxygens (including phenoxy) is 3. The van der Waals surface area contributed by atoms with Crippen LogP contribution in [-0.2, 0) is 9.53 Å². The van der Waals surface area contributed by atoms with Gasteiger partial charge >= 0.3 is 5.97 Å². The summed E-state index contributed by atoms with van der Waals surface area (Å²) in [7, 11) is 2.76. The topological polar surface area (TPSA) is 86.8 Å². The monoisotopic (exact) mass is 384 g/mol. The molecule has 3 aromatic rings. The number of anilines is 1. The molecule has 0 fully saturated rings. The van der Waals surface area contributed by atoms with E-state index in [4.69, 9.17) is 14.2 Å². The van der Waals surface area contributed by atoms with Crippen LogP contribution in [0.25, 0.3) is 10.9 Å². The molecule has 0 aliphatic rings. The van der Waals surface area contributed by atoms with Gasteiger partial charge in [0, 0.05) is 17.1 Å². The predicted molar refractivity (Wildman–Crippen MR) is 100 cm³/mol. The summed E-state index contributed by atoms with van der Waals surface area (Å²) in [5, 5.41) is 3.10. The zero-order valence-electron chi connectivity index (χ0n) is 15.2. The number of pyridine rings is 1. The van der Waals surface area contributed by atoms with E-state index in [1.807, 2.05) is 0 Å². The van der Waals surface area contributed by atoms with Crippen molar-refractivity contribution in [1.82, 2.24) is 4.98 Å². The number of nitrogens with one attached hydrogen (secondary N) is 1. The summed E-state index contributed by atoms with van der Waals surface area (Å²) < 4.78 is 28.7. The average Bonchev–Trinajstić information content (AvgIpc) is 2.70. The van der Waals surface area contributed by atoms with Crippen molar-refractivity contribution in [3.63, 3.8) is 0 Å². The maximum Gasteiger partial charge on any atom is 0.356 e. The fourth-order valence-electron chi connectivity index (χ4n) is 2.54. The molecule has 0 spiro atoms. The lowest BCUT2D eigenvalue weighted by Crippen LogP contribution is -2.20. The minimum Gasteiger partial charge on any atom is -0.497 e. The summed E-state index contributed by atoms with van der Waals surface area (Å²) >= 11 is 0. The molecular weight excluding hydrogens is 367 g/mol. The molecule has 0 aliphatic heterocycles. The molecule has 0 radical (unpaired) electrons. The molecule has 0 aliphatic carbocycles. The summed E-state index contributed by atoms with van der Waals surface area (Å²) in [5.74, 6) is -0.758. The number of carbonyl (C=O) groups excluding carboxylic acids is 2. The second-order valence-electron chi connectivity index (χ2n) is 5.73. The maximum atomic E-state index is 13.2. The molecule has 28 heavy (non-hydrogen) atoms. The maximum absolute atomic E-state index is 13.2. The van der Waals surface area contributed by atoms with E-state index in [1.54, 1.807) is 24.3 Å². The van der Waals surface area contributed by atoms with Gasteiger partial charge in [0.15, 0.2) is 12.3 Å². The highest BCUT2D eigenvalue weighted by Crippen LogP contribution is 2.29. The van der Waals surface area contributed by atoms with Crippen LogP contribution >= 0.6 is 0 Å². The highest BCUT2D eigenvalue weighted by Gasteiger charge is 2.15. The Labute approximate surface area is 160 Å². The largest absolute Gasteiger partial charge is 0.497 e. The van der Waals surface area contributed by atoms with Crippen LogP contribution in [0.3, 0.4) is 0 Å². The first kappa shape index (κ1) is 19.1. The smallest absolute Gasteiger partial charge is 0.356 e. The standard InChI is InChI=1S/C20H17FN2O5/c1-26-14-6-7-16-15(9-14)18(10-17(23-16)20(25)27-2)28-11-19(24)22-13-5-3-4-12(21)8-13/h3-10H,11H2,1-2H3,(H,22,24). The predicted octanol–water partition coefficient (Wildman–Crippen LogP) is 3.19. The molecule has 3 rings (SSSR count). The van der Waals surface area contributed by atoms with E-state index in [-0.39, 0.29) is 18.1 Å². The molecule has 0 saturated carbocycles. The number of hydrogen-bond donors (Lipinski definition) is 1. The first-order valence-electron chi connectivity index (χ1n) is 8.25. The van der Waals surface area contributed by atoms with Gasteiger partial charge in [0.05, 0.1) is 19.7 Å². The van der Waals surface area contributed by atoms with Gasteiger partial charge in [-0.15, -0.1) is 0 Å². The van der Waals surface area contributed by atoms with Crippen LogP contribution in [0.15, 0.2) is 48.5 Å². The van der Waals surface area contributed by atoms with Crippen molar-refractivity contribution in [2.75, 3.05) is 26.1 Å². The number of rotatable bonds is 6. The molecule has 1 amide bonds. The lowest BCUT2D eigenvalue weighted by atomic mass is 10.1. The molecule has 0 unspecified atom stereocenters. The summed E-state index contributed by atoms with van der Waals surface area (Å²) in [6, 6.07) is 11.9. The van der Waals surface area contributed by atoms with Gasteiger partial charge in [-0.25, -0.2) is 14.2 Å². The molecule has 7 nitrogen and oxygen atoms in total. The molecule has 1 N–H and O–H groups in total. The fraction of sp³-hybridized carbons (Fsp3) is 0.150. The van der Waals surface area contributed by atoms with Crippen LogP contribution in [-0.4, -0.2) is 37.7 Å². The SMILES string of the molecule is COC(=O)c1cc(OCC(=O)Nc2cccc(F)c2)c2cc(OC)ccc2n1. The van der Waals surface area contributed by atoms with Crippen LogP contribution in [0.2, 0.25) is 0 Å². The average molecular weight is 384 g/mol. The fourth-order valence-corrected chi connectivity index (χ4v) is 2.54. The van der Waals surface area contributed by atoms with Gasteiger partial charge in [-0.1, -0.05) is 6.07 Å². The Morgan fingerprint density at radius 1 is 1.11 bits per heavy atom. The highest BCUT2D eigenvalue weighted by atomic mass is 19.1. The Bertz CT molecular complexity index is 1040. The number of fused-ring (bicyclic) bond motifs is 1. The molecule has 0 bridgehead atoms. The van der Waals surface area contributed by atoms with Crippen molar-refractivity contribution in [1.29, 1.82) is 0 Å². The first-order valence-corrected chi connectivity index (χ1v) is 8.25. The minimum atomic E-state index is -0.633. The van der Waals surface area contributed by atoms with Crippen molar-refractivity contribution in [3.05, 3.63) is 60.0 Å². The van der Waals surface area contributed by atoms with E-state index in [1.165, 1.54) is 38.5 Å². The summed E-state index contributed by atoms with van der Waals surface area (Å²) in [6.45, 7) is -0.354. The Kier molecular flexibility index (Phi) is 5.69. The molecule has 8 heteroatoms. The number of carbonyl (C=O) groups is 2. The third-order valence-electron chi connectivity index (χ3n) is 3.84. The second-order valence-corrected chi connectivity index (χ2v) is 5.73. The molecule has 0 saturated heterocycles. The van der Waals surface area contributed by atoms with Crippen LogP contribution < -0.4 is 14.8 Å². The van der Waals surface area contributed by atoms with E-state index in [2.05, 4.69) is 10.3 Å². The third-order valence-corrected chi connectivity index (χ3v) is 3.84. The summed E-state index contributed by atoms with van der Waals surface area (Å²) in [6.07, 6.45) is 0. The van der Waals surface area contributed by atoms with Gasteiger partial charge in [-0.05, 0) is 36.4 Å². The lowest BCUT2D eigenvalue weighted by molar-refractivity contribution is -0.118. The van der Waals surface area contributed by atoms with Crippen molar-refractivity contribution >= 4 is 28.5 Å². The molecule has 1 aromatic heterocycles. The van der Waals surface area contributed by atoms with Gasteiger partial charge in [-0.2, -0.15) is 0 Å². The van der Waals surface area contributed by atoms with Crippen LogP contribution in [0.4, 0.5) is 10.1 Å². The van der Waals surface area contributed by atoms with Gasteiger partial charge in [0.25, 0.3) is 5.91 Å². The van der Waals surface area contributed by atoms with E-state index in [9.17, 15) is 14.0 Å². The normalized spacial score (nSPS) is 10.4. The highest BCUT2D eigenvalue weighted by molar-refractivity contribution is 5.95. The van der Waals surface area contributed by atoms with Gasteiger partial charge in [0.1, 0.15) is 17.3 Å². The molecule has 1 heterocycles. The summed E-state index contributed by atoms with van der Waals surface area (Å²) in [4.78, 5) is 28.2. The molecule has 2 aromatic carbocycles. The lowest BCUT2D eigenvalue weighted by Gasteiger charge is -2.12. The first-order chi connectivity index (χ1) is 13.5. The molecule has 0 atom stereocenters. The Hall–Kier alpha value is -3.68. The number of benzene rings is 2.